The largest absolute Gasteiger partial charge is 0.399 e. The summed E-state index contributed by atoms with van der Waals surface area (Å²) in [6.07, 6.45) is 0.487. The van der Waals surface area contributed by atoms with Crippen molar-refractivity contribution in [2.75, 3.05) is 11.5 Å². The third-order valence-corrected chi connectivity index (χ3v) is 6.35. The molecule has 3 rings (SSSR count). The van der Waals surface area contributed by atoms with Crippen LogP contribution in [0.25, 0.3) is 10.2 Å². The predicted molar refractivity (Wildman–Crippen MR) is 86.2 cm³/mol. The number of nitrogens with two attached hydrogens (primary N) is 1. The molecule has 21 heavy (non-hydrogen) atoms. The number of nitrogens with zero attached hydrogens (tertiary/aromatic N) is 1. The van der Waals surface area contributed by atoms with E-state index in [1.54, 1.807) is 18.2 Å². The van der Waals surface area contributed by atoms with Gasteiger partial charge in [0.25, 0.3) is 0 Å². The number of hydrogen-bond acceptors (Lipinski definition) is 5. The number of sulfone groups is 1. The minimum absolute atomic E-state index is 0.0618. The predicted octanol–water partition coefficient (Wildman–Crippen LogP) is 2.89. The van der Waals surface area contributed by atoms with E-state index in [0.717, 1.165) is 10.3 Å². The van der Waals surface area contributed by atoms with Crippen molar-refractivity contribution in [3.05, 3.63) is 54.1 Å². The minimum Gasteiger partial charge on any atom is -0.399 e. The minimum atomic E-state index is -3.37. The molecule has 0 aliphatic carbocycles. The summed E-state index contributed by atoms with van der Waals surface area (Å²) in [6, 6.07) is 14.8. The van der Waals surface area contributed by atoms with Crippen LogP contribution in [0.3, 0.4) is 0 Å². The van der Waals surface area contributed by atoms with Gasteiger partial charge < -0.3 is 5.73 Å². The molecule has 0 fully saturated rings. The maximum absolute atomic E-state index is 12.4. The first-order valence-electron chi connectivity index (χ1n) is 6.47. The lowest BCUT2D eigenvalue weighted by Gasteiger charge is -2.01. The van der Waals surface area contributed by atoms with Gasteiger partial charge in [-0.3, -0.25) is 0 Å². The van der Waals surface area contributed by atoms with Crippen molar-refractivity contribution >= 4 is 37.1 Å². The van der Waals surface area contributed by atoms with Crippen LogP contribution in [0.15, 0.2) is 52.9 Å². The zero-order valence-electron chi connectivity index (χ0n) is 11.2. The number of anilines is 1. The number of hydrogen-bond donors (Lipinski definition) is 1. The van der Waals surface area contributed by atoms with Crippen molar-refractivity contribution in [3.8, 4) is 0 Å². The van der Waals surface area contributed by atoms with Crippen molar-refractivity contribution in [1.82, 2.24) is 4.98 Å². The van der Waals surface area contributed by atoms with E-state index >= 15 is 0 Å². The molecule has 108 valence electrons. The van der Waals surface area contributed by atoms with E-state index < -0.39 is 9.84 Å². The van der Waals surface area contributed by atoms with Crippen LogP contribution in [0.2, 0.25) is 0 Å². The van der Waals surface area contributed by atoms with E-state index in [1.165, 1.54) is 11.3 Å². The van der Waals surface area contributed by atoms with Gasteiger partial charge in [-0.15, -0.1) is 11.3 Å². The topological polar surface area (TPSA) is 73.0 Å². The SMILES string of the molecule is Nc1ccc2nc(S(=O)(=O)CCc3ccccc3)sc2c1. The second-order valence-electron chi connectivity index (χ2n) is 4.76. The molecular weight excluding hydrogens is 304 g/mol. The monoisotopic (exact) mass is 318 g/mol. The zero-order chi connectivity index (χ0) is 14.9. The van der Waals surface area contributed by atoms with Gasteiger partial charge in [-0.05, 0) is 30.2 Å². The van der Waals surface area contributed by atoms with Crippen LogP contribution in [0.1, 0.15) is 5.56 Å². The molecule has 0 amide bonds. The van der Waals surface area contributed by atoms with Crippen LogP contribution >= 0.6 is 11.3 Å². The molecule has 0 bridgehead atoms. The fraction of sp³-hybridized carbons (Fsp3) is 0.133. The second-order valence-corrected chi connectivity index (χ2v) is 8.07. The summed E-state index contributed by atoms with van der Waals surface area (Å²) >= 11 is 1.17. The zero-order valence-corrected chi connectivity index (χ0v) is 12.8. The number of fused-ring (bicyclic) bond motifs is 1. The molecule has 0 spiro atoms. The highest BCUT2D eigenvalue weighted by Crippen LogP contribution is 2.28. The van der Waals surface area contributed by atoms with E-state index in [0.29, 0.717) is 17.6 Å². The van der Waals surface area contributed by atoms with Gasteiger partial charge in [-0.25, -0.2) is 13.4 Å². The quantitative estimate of drug-likeness (QED) is 0.751. The Hall–Kier alpha value is -1.92. The van der Waals surface area contributed by atoms with Crippen molar-refractivity contribution in [1.29, 1.82) is 0 Å². The van der Waals surface area contributed by atoms with Crippen LogP contribution in [0.5, 0.6) is 0 Å². The number of thiazole rings is 1. The molecule has 1 heterocycles. The smallest absolute Gasteiger partial charge is 0.210 e. The number of aryl methyl sites for hydroxylation is 1. The lowest BCUT2D eigenvalue weighted by Crippen LogP contribution is -2.08. The maximum Gasteiger partial charge on any atom is 0.210 e. The van der Waals surface area contributed by atoms with Crippen LogP contribution < -0.4 is 5.73 Å². The molecule has 1 aromatic heterocycles. The first-order valence-corrected chi connectivity index (χ1v) is 8.94. The Labute approximate surface area is 127 Å². The average molecular weight is 318 g/mol. The highest BCUT2D eigenvalue weighted by molar-refractivity contribution is 7.93. The van der Waals surface area contributed by atoms with E-state index in [9.17, 15) is 8.42 Å². The van der Waals surface area contributed by atoms with Gasteiger partial charge in [0.05, 0.1) is 16.0 Å². The second kappa shape index (κ2) is 5.46. The summed E-state index contributed by atoms with van der Waals surface area (Å²) in [5.74, 6) is 0.0618. The molecule has 2 aromatic carbocycles. The molecule has 3 aromatic rings. The van der Waals surface area contributed by atoms with Crippen molar-refractivity contribution in [3.63, 3.8) is 0 Å². The summed E-state index contributed by atoms with van der Waals surface area (Å²) in [7, 11) is -3.37. The Morgan fingerprint density at radius 1 is 1.10 bits per heavy atom. The third kappa shape index (κ3) is 3.06. The van der Waals surface area contributed by atoms with Crippen molar-refractivity contribution < 1.29 is 8.42 Å². The Kier molecular flexibility index (Phi) is 3.65. The van der Waals surface area contributed by atoms with Gasteiger partial charge in [0, 0.05) is 5.69 Å². The number of rotatable bonds is 4. The fourth-order valence-corrected chi connectivity index (χ4v) is 4.73. The van der Waals surface area contributed by atoms with E-state index in [1.807, 2.05) is 30.3 Å². The van der Waals surface area contributed by atoms with Crippen LogP contribution in [-0.2, 0) is 16.3 Å². The van der Waals surface area contributed by atoms with Crippen molar-refractivity contribution in [2.24, 2.45) is 0 Å². The molecule has 0 saturated heterocycles. The number of aromatic nitrogens is 1. The van der Waals surface area contributed by atoms with E-state index in [-0.39, 0.29) is 10.1 Å². The molecule has 4 nitrogen and oxygen atoms in total. The van der Waals surface area contributed by atoms with Gasteiger partial charge in [-0.2, -0.15) is 0 Å². The van der Waals surface area contributed by atoms with Crippen molar-refractivity contribution in [2.45, 2.75) is 10.8 Å². The van der Waals surface area contributed by atoms with Gasteiger partial charge in [0.2, 0.25) is 14.2 Å². The lowest BCUT2D eigenvalue weighted by molar-refractivity contribution is 0.595. The first kappa shape index (κ1) is 14.0. The molecule has 0 radical (unpaired) electrons. The maximum atomic E-state index is 12.4. The van der Waals surface area contributed by atoms with Gasteiger partial charge in [0.15, 0.2) is 0 Å². The first-order chi connectivity index (χ1) is 10.0. The Morgan fingerprint density at radius 2 is 1.86 bits per heavy atom. The summed E-state index contributed by atoms with van der Waals surface area (Å²) in [6.45, 7) is 0. The van der Waals surface area contributed by atoms with Crippen LogP contribution in [0, 0.1) is 0 Å². The molecule has 2 N–H and O–H groups in total. The van der Waals surface area contributed by atoms with Gasteiger partial charge in [0.1, 0.15) is 0 Å². The van der Waals surface area contributed by atoms with Gasteiger partial charge >= 0.3 is 0 Å². The Morgan fingerprint density at radius 3 is 2.62 bits per heavy atom. The highest BCUT2D eigenvalue weighted by atomic mass is 32.2. The molecule has 0 aliphatic rings. The third-order valence-electron chi connectivity index (χ3n) is 3.16. The average Bonchev–Trinajstić information content (AvgIpc) is 2.90. The van der Waals surface area contributed by atoms with Crippen LogP contribution in [0.4, 0.5) is 5.69 Å². The number of nitrogen functional groups attached to an aromatic ring is 1. The van der Waals surface area contributed by atoms with E-state index in [2.05, 4.69) is 4.98 Å². The number of benzene rings is 2. The summed E-state index contributed by atoms with van der Waals surface area (Å²) in [5, 5.41) is 0. The lowest BCUT2D eigenvalue weighted by atomic mass is 10.2. The molecule has 0 atom stereocenters. The summed E-state index contributed by atoms with van der Waals surface area (Å²) < 4.78 is 25.7. The molecule has 6 heteroatoms. The molecule has 0 aliphatic heterocycles. The Bertz CT molecular complexity index is 871. The summed E-state index contributed by atoms with van der Waals surface area (Å²) in [5.41, 5.74) is 8.00. The highest BCUT2D eigenvalue weighted by Gasteiger charge is 2.19. The van der Waals surface area contributed by atoms with E-state index in [4.69, 9.17) is 5.73 Å². The molecule has 0 unspecified atom stereocenters. The van der Waals surface area contributed by atoms with Gasteiger partial charge in [-0.1, -0.05) is 30.3 Å². The molecule has 0 saturated carbocycles. The fourth-order valence-electron chi connectivity index (χ4n) is 2.04. The molecular formula is C15H14N2O2S2. The Balaban J connectivity index is 1.86. The standard InChI is InChI=1S/C15H14N2O2S2/c16-12-6-7-13-14(10-12)20-15(17-13)21(18,19)9-8-11-4-2-1-3-5-11/h1-7,10H,8-9,16H2. The van der Waals surface area contributed by atoms with Crippen LogP contribution in [-0.4, -0.2) is 19.2 Å². The summed E-state index contributed by atoms with van der Waals surface area (Å²) in [4.78, 5) is 4.21. The normalized spacial score (nSPS) is 11.8.